The number of nitrogens with zero attached hydrogens (tertiary/aromatic N) is 2. The van der Waals surface area contributed by atoms with Crippen molar-refractivity contribution in [1.29, 1.82) is 0 Å². The molecule has 2 aromatic carbocycles. The van der Waals surface area contributed by atoms with E-state index in [1.165, 1.54) is 23.6 Å². The normalized spacial score (nSPS) is 18.6. The summed E-state index contributed by atoms with van der Waals surface area (Å²) in [6, 6.07) is 4.45. The van der Waals surface area contributed by atoms with Crippen molar-refractivity contribution in [2.24, 2.45) is 5.73 Å². The minimum atomic E-state index is -1.76. The van der Waals surface area contributed by atoms with Crippen LogP contribution in [0.25, 0.3) is 0 Å². The number of aliphatic hydroxyl groups excluding tert-OH is 2. The van der Waals surface area contributed by atoms with Crippen molar-refractivity contribution in [3.05, 3.63) is 71.8 Å². The zero-order valence-corrected chi connectivity index (χ0v) is 41.0. The van der Waals surface area contributed by atoms with Gasteiger partial charge in [0.25, 0.3) is 0 Å². The van der Waals surface area contributed by atoms with Crippen LogP contribution in [0.15, 0.2) is 60.7 Å². The summed E-state index contributed by atoms with van der Waals surface area (Å²) in [7, 11) is 0. The van der Waals surface area contributed by atoms with Gasteiger partial charge in [0.2, 0.25) is 59.1 Å². The third-order valence-electron chi connectivity index (χ3n) is 12.1. The van der Waals surface area contributed by atoms with Crippen LogP contribution in [-0.4, -0.2) is 176 Å². The number of primary amides is 1. The fraction of sp³-hybridized carbons (Fsp3) is 0.511. The lowest BCUT2D eigenvalue weighted by molar-refractivity contribution is -0.144. The van der Waals surface area contributed by atoms with E-state index in [-0.39, 0.29) is 31.7 Å². The first-order valence-corrected chi connectivity index (χ1v) is 24.0. The Labute approximate surface area is 420 Å². The second-order valence-corrected chi connectivity index (χ2v) is 17.9. The number of rotatable bonds is 25. The summed E-state index contributed by atoms with van der Waals surface area (Å²) < 4.78 is 0. The molecule has 4 rings (SSSR count). The van der Waals surface area contributed by atoms with Gasteiger partial charge in [0.1, 0.15) is 54.4 Å². The Morgan fingerprint density at radius 1 is 0.625 bits per heavy atom. The molecule has 0 spiro atoms. The lowest BCUT2D eigenvalue weighted by atomic mass is 10.0. The van der Waals surface area contributed by atoms with Gasteiger partial charge in [0.05, 0.1) is 19.1 Å². The van der Waals surface area contributed by atoms with Crippen LogP contribution >= 0.6 is 12.6 Å². The Morgan fingerprint density at radius 2 is 1.10 bits per heavy atom. The SMILES string of the molecule is CC(=O)N1CCC[C@H]1C(=O)N[C@@H](CO)C(=O)N1CCC[C@H]1C(=O)N[C@@H](Cc1ccccc1)C(=O)N[C@@H](C)C(=O)N[C@H](C(=O)N[C@@H](CS)C(=O)N[C@@H](CC(=O)O)C(=O)N[C@@H](Cc1ccccc1)C(N)=O)[C@@H](C)O. The van der Waals surface area contributed by atoms with Gasteiger partial charge in [-0.1, -0.05) is 60.7 Å². The van der Waals surface area contributed by atoms with Gasteiger partial charge in [0.15, 0.2) is 0 Å². The topological polar surface area (TPSA) is 365 Å². The number of carboxylic acid groups (broad SMARTS) is 1. The van der Waals surface area contributed by atoms with Gasteiger partial charge in [0, 0.05) is 38.6 Å². The molecule has 2 aliphatic heterocycles. The molecule has 2 aliphatic rings. The quantitative estimate of drug-likeness (QED) is 0.0424. The molecule has 0 bridgehead atoms. The van der Waals surface area contributed by atoms with Crippen LogP contribution in [0.5, 0.6) is 0 Å². The van der Waals surface area contributed by atoms with Crippen molar-refractivity contribution >= 4 is 77.7 Å². The van der Waals surface area contributed by atoms with Crippen molar-refractivity contribution in [3.63, 3.8) is 0 Å². The number of carbonyl (C=O) groups is 11. The molecule has 10 amide bonds. The number of carboxylic acids is 1. The van der Waals surface area contributed by atoms with Crippen molar-refractivity contribution in [2.75, 3.05) is 25.4 Å². The van der Waals surface area contributed by atoms with E-state index in [9.17, 15) is 68.1 Å². The molecule has 2 fully saturated rings. The van der Waals surface area contributed by atoms with E-state index in [1.54, 1.807) is 60.7 Å². The van der Waals surface area contributed by atoms with Gasteiger partial charge in [-0.05, 0) is 50.7 Å². The van der Waals surface area contributed by atoms with Crippen molar-refractivity contribution in [1.82, 2.24) is 47.0 Å². The molecule has 2 heterocycles. The predicted molar refractivity (Wildman–Crippen MR) is 259 cm³/mol. The Kier molecular flexibility index (Phi) is 21.9. The molecule has 2 aromatic rings. The predicted octanol–water partition coefficient (Wildman–Crippen LogP) is -3.85. The minimum Gasteiger partial charge on any atom is -0.481 e. The minimum absolute atomic E-state index is 0.0456. The van der Waals surface area contributed by atoms with Crippen LogP contribution < -0.4 is 43.0 Å². The standard InChI is InChI=1S/C47H64N10O14S/c1-25(40(64)55-38(26(2)59)46(70)54-34(24-72)43(67)51-32(22-37(61)62)42(66)50-30(39(48)63)20-28-12-6-4-7-13-28)49-41(65)31(21-29-14-8-5-9-15-29)52-45(69)36-17-11-19-57(36)47(71)33(23-58)53-44(68)35-16-10-18-56(35)27(3)60/h4-9,12-15,25-26,30-36,38,58-59,72H,10-11,16-24H2,1-3H3,(H2,48,63)(H,49,65)(H,50,66)(H,51,67)(H,52,69)(H,53,68)(H,54,70)(H,55,64)(H,61,62)/t25-,26+,30-,31-,32-,33-,34-,35-,36-,38-/m0/s1. The summed E-state index contributed by atoms with van der Waals surface area (Å²) >= 11 is 4.11. The van der Waals surface area contributed by atoms with Crippen LogP contribution in [-0.2, 0) is 65.6 Å². The number of carbonyl (C=O) groups excluding carboxylic acids is 10. The van der Waals surface area contributed by atoms with E-state index in [1.807, 2.05) is 0 Å². The lowest BCUT2D eigenvalue weighted by Crippen LogP contribution is -2.62. The van der Waals surface area contributed by atoms with E-state index in [0.717, 1.165) is 6.92 Å². The van der Waals surface area contributed by atoms with Gasteiger partial charge in [-0.3, -0.25) is 52.7 Å². The van der Waals surface area contributed by atoms with Gasteiger partial charge >= 0.3 is 5.97 Å². The third kappa shape index (κ3) is 16.5. The van der Waals surface area contributed by atoms with Crippen molar-refractivity contribution in [3.8, 4) is 0 Å². The fourth-order valence-corrected chi connectivity index (χ4v) is 8.48. The number of nitrogens with one attached hydrogen (secondary N) is 7. The highest BCUT2D eigenvalue weighted by Crippen LogP contribution is 2.21. The van der Waals surface area contributed by atoms with Crippen LogP contribution in [0.2, 0.25) is 0 Å². The number of hydrogen-bond donors (Lipinski definition) is 12. The average molecular weight is 1030 g/mol. The number of aliphatic hydroxyl groups is 2. The number of amides is 10. The largest absolute Gasteiger partial charge is 0.481 e. The fourth-order valence-electron chi connectivity index (χ4n) is 8.22. The van der Waals surface area contributed by atoms with Gasteiger partial charge in [-0.25, -0.2) is 0 Å². The molecule has 0 unspecified atom stereocenters. The first-order chi connectivity index (χ1) is 34.1. The number of likely N-dealkylation sites (tertiary alicyclic amines) is 2. The zero-order chi connectivity index (χ0) is 53.2. The Morgan fingerprint density at radius 3 is 1.60 bits per heavy atom. The number of hydrogen-bond acceptors (Lipinski definition) is 14. The van der Waals surface area contributed by atoms with Crippen LogP contribution in [0.4, 0.5) is 0 Å². The molecule has 2 saturated heterocycles. The molecular weight excluding hydrogens is 961 g/mol. The second-order valence-electron chi connectivity index (χ2n) is 17.6. The van der Waals surface area contributed by atoms with Crippen LogP contribution in [0.3, 0.4) is 0 Å². The smallest absolute Gasteiger partial charge is 0.305 e. The Bertz CT molecular complexity index is 2290. The summed E-state index contributed by atoms with van der Waals surface area (Å²) in [4.78, 5) is 147. The maximum atomic E-state index is 13.9. The summed E-state index contributed by atoms with van der Waals surface area (Å²) in [6.07, 6.45) is -1.19. The lowest BCUT2D eigenvalue weighted by Gasteiger charge is -2.30. The number of aliphatic carboxylic acids is 1. The average Bonchev–Trinajstić information content (AvgIpc) is 4.05. The summed E-state index contributed by atoms with van der Waals surface area (Å²) in [5.74, 6) is -10.4. The molecule has 0 aromatic heterocycles. The second kappa shape index (κ2) is 27.5. The molecule has 24 nitrogen and oxygen atoms in total. The first kappa shape index (κ1) is 57.5. The van der Waals surface area contributed by atoms with Gasteiger partial charge in [-0.15, -0.1) is 0 Å². The molecule has 12 N–H and O–H groups in total. The van der Waals surface area contributed by atoms with Crippen LogP contribution in [0.1, 0.15) is 64.0 Å². The molecule has 10 atom stereocenters. The maximum absolute atomic E-state index is 13.9. The number of thiol groups is 1. The van der Waals surface area contributed by atoms with E-state index in [4.69, 9.17) is 5.73 Å². The molecule has 25 heteroatoms. The number of benzene rings is 2. The van der Waals surface area contributed by atoms with Crippen molar-refractivity contribution in [2.45, 2.75) is 126 Å². The maximum Gasteiger partial charge on any atom is 0.305 e. The third-order valence-corrected chi connectivity index (χ3v) is 12.5. The monoisotopic (exact) mass is 1020 g/mol. The van der Waals surface area contributed by atoms with Crippen molar-refractivity contribution < 1.29 is 68.1 Å². The molecule has 0 aliphatic carbocycles. The summed E-state index contributed by atoms with van der Waals surface area (Å²) in [5.41, 5.74) is 6.72. The molecular formula is C47H64N10O14S. The first-order valence-electron chi connectivity index (χ1n) is 23.3. The van der Waals surface area contributed by atoms with Crippen LogP contribution in [0, 0.1) is 0 Å². The highest BCUT2D eigenvalue weighted by Gasteiger charge is 2.41. The van der Waals surface area contributed by atoms with E-state index in [2.05, 4.69) is 49.8 Å². The summed E-state index contributed by atoms with van der Waals surface area (Å²) in [5, 5.41) is 47.1. The highest BCUT2D eigenvalue weighted by atomic mass is 32.1. The molecule has 0 radical (unpaired) electrons. The Balaban J connectivity index is 1.41. The van der Waals surface area contributed by atoms with Gasteiger partial charge < -0.3 is 68.1 Å². The van der Waals surface area contributed by atoms with Gasteiger partial charge in [-0.2, -0.15) is 12.6 Å². The van der Waals surface area contributed by atoms with E-state index < -0.39 is 138 Å². The Hall–Kier alpha value is -7.12. The number of nitrogens with two attached hydrogens (primary N) is 1. The summed E-state index contributed by atoms with van der Waals surface area (Å²) in [6.45, 7) is 3.39. The zero-order valence-electron chi connectivity index (χ0n) is 40.1. The van der Waals surface area contributed by atoms with E-state index in [0.29, 0.717) is 36.9 Å². The van der Waals surface area contributed by atoms with E-state index >= 15 is 0 Å². The highest BCUT2D eigenvalue weighted by molar-refractivity contribution is 7.80. The molecule has 72 heavy (non-hydrogen) atoms. The molecule has 392 valence electrons. The molecule has 0 saturated carbocycles.